The highest BCUT2D eigenvalue weighted by Crippen LogP contribution is 2.21. The van der Waals surface area contributed by atoms with E-state index in [4.69, 9.17) is 16.7 Å². The molecule has 3 heteroatoms. The van der Waals surface area contributed by atoms with Gasteiger partial charge in [-0.2, -0.15) is 0 Å². The molecule has 0 atom stereocenters. The third kappa shape index (κ3) is 2.61. The van der Waals surface area contributed by atoms with E-state index in [0.29, 0.717) is 6.54 Å². The van der Waals surface area contributed by atoms with Crippen molar-refractivity contribution in [1.82, 2.24) is 0 Å². The summed E-state index contributed by atoms with van der Waals surface area (Å²) >= 11 is 5.89. The molecule has 2 nitrogen and oxygen atoms in total. The first-order chi connectivity index (χ1) is 6.15. The zero-order valence-electron chi connectivity index (χ0n) is 7.92. The van der Waals surface area contributed by atoms with E-state index in [2.05, 4.69) is 0 Å². The molecule has 0 unspecified atom stereocenters. The first-order valence-electron chi connectivity index (χ1n) is 4.23. The molecule has 0 aliphatic heterocycles. The summed E-state index contributed by atoms with van der Waals surface area (Å²) in [6.07, 6.45) is 0. The highest BCUT2D eigenvalue weighted by atomic mass is 35.5. The molecule has 13 heavy (non-hydrogen) atoms. The normalized spacial score (nSPS) is 10.2. The van der Waals surface area contributed by atoms with Crippen LogP contribution < -0.4 is 4.90 Å². The lowest BCUT2D eigenvalue weighted by Crippen LogP contribution is -2.21. The van der Waals surface area contributed by atoms with Crippen molar-refractivity contribution in [3.8, 4) is 0 Å². The van der Waals surface area contributed by atoms with Crippen LogP contribution in [0.25, 0.3) is 0 Å². The van der Waals surface area contributed by atoms with Gasteiger partial charge in [-0.05, 0) is 30.7 Å². The van der Waals surface area contributed by atoms with Crippen LogP contribution in [0.15, 0.2) is 18.2 Å². The average Bonchev–Trinajstić information content (AvgIpc) is 2.10. The van der Waals surface area contributed by atoms with E-state index < -0.39 is 0 Å². The van der Waals surface area contributed by atoms with Crippen LogP contribution in [-0.4, -0.2) is 25.3 Å². The van der Waals surface area contributed by atoms with Gasteiger partial charge in [0, 0.05) is 24.3 Å². The van der Waals surface area contributed by atoms with Gasteiger partial charge in [0.15, 0.2) is 0 Å². The number of hydrogen-bond donors (Lipinski definition) is 1. The molecular formula is C10H14ClNO. The lowest BCUT2D eigenvalue weighted by molar-refractivity contribution is 0.304. The van der Waals surface area contributed by atoms with Gasteiger partial charge >= 0.3 is 0 Å². The minimum Gasteiger partial charge on any atom is -0.395 e. The molecule has 0 fully saturated rings. The van der Waals surface area contributed by atoms with Crippen molar-refractivity contribution >= 4 is 17.3 Å². The van der Waals surface area contributed by atoms with Crippen molar-refractivity contribution in [2.24, 2.45) is 0 Å². The Bertz CT molecular complexity index is 288. The fourth-order valence-electron chi connectivity index (χ4n) is 1.15. The van der Waals surface area contributed by atoms with Crippen molar-refractivity contribution < 1.29 is 5.11 Å². The second-order valence-corrected chi connectivity index (χ2v) is 3.49. The summed E-state index contributed by atoms with van der Waals surface area (Å²) in [7, 11) is 1.94. The molecule has 0 radical (unpaired) electrons. The van der Waals surface area contributed by atoms with Crippen molar-refractivity contribution in [3.63, 3.8) is 0 Å². The molecule has 1 rings (SSSR count). The molecule has 72 valence electrons. The van der Waals surface area contributed by atoms with Gasteiger partial charge in [-0.15, -0.1) is 0 Å². The summed E-state index contributed by atoms with van der Waals surface area (Å²) in [5.41, 5.74) is 2.14. The molecule has 0 amide bonds. The number of nitrogens with zero attached hydrogens (tertiary/aromatic N) is 1. The quantitative estimate of drug-likeness (QED) is 0.806. The molecule has 0 bridgehead atoms. The number of anilines is 1. The zero-order valence-corrected chi connectivity index (χ0v) is 8.67. The van der Waals surface area contributed by atoms with Crippen molar-refractivity contribution in [2.75, 3.05) is 25.1 Å². The van der Waals surface area contributed by atoms with E-state index in [0.717, 1.165) is 16.3 Å². The van der Waals surface area contributed by atoms with Crippen molar-refractivity contribution in [3.05, 3.63) is 28.8 Å². The smallest absolute Gasteiger partial charge is 0.0606 e. The van der Waals surface area contributed by atoms with Crippen LogP contribution in [0.2, 0.25) is 5.02 Å². The summed E-state index contributed by atoms with van der Waals surface area (Å²) in [6, 6.07) is 5.84. The number of halogens is 1. The predicted molar refractivity (Wildman–Crippen MR) is 56.5 cm³/mol. The van der Waals surface area contributed by atoms with Gasteiger partial charge in [-0.3, -0.25) is 0 Å². The van der Waals surface area contributed by atoms with Gasteiger partial charge in [0.05, 0.1) is 6.61 Å². The lowest BCUT2D eigenvalue weighted by Gasteiger charge is -2.18. The summed E-state index contributed by atoms with van der Waals surface area (Å²) < 4.78 is 0. The maximum atomic E-state index is 8.75. The van der Waals surface area contributed by atoms with Crippen LogP contribution in [0, 0.1) is 6.92 Å². The summed E-state index contributed by atoms with van der Waals surface area (Å²) in [5, 5.41) is 9.53. The fourth-order valence-corrected chi connectivity index (χ4v) is 1.26. The number of aryl methyl sites for hydroxylation is 1. The fraction of sp³-hybridized carbons (Fsp3) is 0.400. The summed E-state index contributed by atoms with van der Waals surface area (Å²) in [6.45, 7) is 2.78. The van der Waals surface area contributed by atoms with Gasteiger partial charge in [0.2, 0.25) is 0 Å². The molecule has 1 aromatic rings. The maximum Gasteiger partial charge on any atom is 0.0606 e. The number of aliphatic hydroxyl groups is 1. The van der Waals surface area contributed by atoms with Crippen LogP contribution in [0.3, 0.4) is 0 Å². The van der Waals surface area contributed by atoms with E-state index >= 15 is 0 Å². The van der Waals surface area contributed by atoms with Crippen molar-refractivity contribution in [1.29, 1.82) is 0 Å². The number of rotatable bonds is 3. The molecular weight excluding hydrogens is 186 g/mol. The van der Waals surface area contributed by atoms with Gasteiger partial charge in [-0.1, -0.05) is 11.6 Å². The maximum absolute atomic E-state index is 8.75. The van der Waals surface area contributed by atoms with Gasteiger partial charge < -0.3 is 10.0 Å². The van der Waals surface area contributed by atoms with E-state index in [1.54, 1.807) is 0 Å². The highest BCUT2D eigenvalue weighted by molar-refractivity contribution is 6.31. The van der Waals surface area contributed by atoms with Gasteiger partial charge in [-0.25, -0.2) is 0 Å². The van der Waals surface area contributed by atoms with E-state index in [1.165, 1.54) is 0 Å². The second-order valence-electron chi connectivity index (χ2n) is 3.08. The average molecular weight is 200 g/mol. The molecule has 0 saturated carbocycles. The highest BCUT2D eigenvalue weighted by Gasteiger charge is 2.01. The Labute approximate surface area is 83.7 Å². The molecule has 0 aliphatic rings. The van der Waals surface area contributed by atoms with Gasteiger partial charge in [0.1, 0.15) is 0 Å². The predicted octanol–water partition coefficient (Wildman–Crippen LogP) is 2.08. The Hall–Kier alpha value is -0.730. The Balaban J connectivity index is 2.84. The van der Waals surface area contributed by atoms with Crippen LogP contribution in [0.5, 0.6) is 0 Å². The minimum absolute atomic E-state index is 0.165. The first kappa shape index (κ1) is 10.4. The third-order valence-electron chi connectivity index (χ3n) is 2.02. The molecule has 0 saturated heterocycles. The summed E-state index contributed by atoms with van der Waals surface area (Å²) in [4.78, 5) is 1.99. The van der Waals surface area contributed by atoms with Crippen LogP contribution >= 0.6 is 11.6 Å². The Morgan fingerprint density at radius 3 is 2.69 bits per heavy atom. The molecule has 1 aromatic carbocycles. The first-order valence-corrected chi connectivity index (χ1v) is 4.61. The molecule has 1 N–H and O–H groups in total. The Kier molecular flexibility index (Phi) is 3.58. The Morgan fingerprint density at radius 2 is 2.15 bits per heavy atom. The van der Waals surface area contributed by atoms with Gasteiger partial charge in [0.25, 0.3) is 0 Å². The Morgan fingerprint density at radius 1 is 1.46 bits per heavy atom. The number of aliphatic hydroxyl groups excluding tert-OH is 1. The molecule has 0 spiro atoms. The monoisotopic (exact) mass is 199 g/mol. The van der Waals surface area contributed by atoms with Crippen LogP contribution in [0.1, 0.15) is 5.56 Å². The van der Waals surface area contributed by atoms with E-state index in [9.17, 15) is 0 Å². The van der Waals surface area contributed by atoms with E-state index in [-0.39, 0.29) is 6.61 Å². The summed E-state index contributed by atoms with van der Waals surface area (Å²) in [5.74, 6) is 0. The van der Waals surface area contributed by atoms with E-state index in [1.807, 2.05) is 37.1 Å². The van der Waals surface area contributed by atoms with Crippen molar-refractivity contribution in [2.45, 2.75) is 6.92 Å². The molecule has 0 heterocycles. The van der Waals surface area contributed by atoms with Crippen LogP contribution in [-0.2, 0) is 0 Å². The minimum atomic E-state index is 0.165. The van der Waals surface area contributed by atoms with Crippen LogP contribution in [0.4, 0.5) is 5.69 Å². The molecule has 0 aliphatic carbocycles. The number of benzene rings is 1. The largest absolute Gasteiger partial charge is 0.395 e. The zero-order chi connectivity index (χ0) is 9.84. The number of hydrogen-bond acceptors (Lipinski definition) is 2. The standard InChI is InChI=1S/C10H14ClNO/c1-8-7-9(3-4-10(8)11)12(2)5-6-13/h3-4,7,13H,5-6H2,1-2H3. The lowest BCUT2D eigenvalue weighted by atomic mass is 10.2. The number of likely N-dealkylation sites (N-methyl/N-ethyl adjacent to an activating group) is 1. The SMILES string of the molecule is Cc1cc(N(C)CCO)ccc1Cl. The second kappa shape index (κ2) is 4.49. The topological polar surface area (TPSA) is 23.5 Å². The third-order valence-corrected chi connectivity index (χ3v) is 2.44. The molecule has 0 aromatic heterocycles.